The molecule has 0 saturated heterocycles. The summed E-state index contributed by atoms with van der Waals surface area (Å²) in [5.74, 6) is 0. The van der Waals surface area contributed by atoms with E-state index in [0.717, 1.165) is 12.8 Å². The molecular weight excluding hydrogens is 230 g/mol. The van der Waals surface area contributed by atoms with E-state index in [1.165, 1.54) is 29.5 Å². The van der Waals surface area contributed by atoms with Crippen LogP contribution < -0.4 is 5.73 Å². The highest BCUT2D eigenvalue weighted by Crippen LogP contribution is 2.46. The molecule has 1 aromatic rings. The first-order valence-electron chi connectivity index (χ1n) is 7.68. The topological polar surface area (TPSA) is 26.0 Å². The number of fused-ring (bicyclic) bond motifs is 1. The monoisotopic (exact) mass is 259 g/mol. The van der Waals surface area contributed by atoms with Crippen LogP contribution in [0.25, 0.3) is 0 Å². The van der Waals surface area contributed by atoms with Crippen LogP contribution in [0.15, 0.2) is 18.2 Å². The van der Waals surface area contributed by atoms with Crippen LogP contribution in [-0.4, -0.2) is 0 Å². The number of benzene rings is 1. The van der Waals surface area contributed by atoms with Crippen molar-refractivity contribution in [3.05, 3.63) is 34.9 Å². The van der Waals surface area contributed by atoms with Gasteiger partial charge in [0.2, 0.25) is 0 Å². The quantitative estimate of drug-likeness (QED) is 0.826. The van der Waals surface area contributed by atoms with Crippen LogP contribution >= 0.6 is 0 Å². The Bertz CT molecular complexity index is 457. The van der Waals surface area contributed by atoms with Gasteiger partial charge in [0.15, 0.2) is 0 Å². The van der Waals surface area contributed by atoms with Crippen LogP contribution in [-0.2, 0) is 10.8 Å². The van der Waals surface area contributed by atoms with E-state index in [-0.39, 0.29) is 11.5 Å². The molecule has 0 bridgehead atoms. The standard InChI is InChI=1S/C18H29N/c1-6-7-16(19)13-8-9-14-15(12-13)18(4,5)11-10-17(14,2)3/h8-9,12,16H,6-7,10-11,19H2,1-5H3. The fraction of sp³-hybridized carbons (Fsp3) is 0.667. The van der Waals surface area contributed by atoms with Crippen LogP contribution in [0.5, 0.6) is 0 Å². The summed E-state index contributed by atoms with van der Waals surface area (Å²) in [7, 11) is 0. The molecule has 1 aliphatic rings. The molecule has 1 aromatic carbocycles. The van der Waals surface area contributed by atoms with Crippen LogP contribution in [0.3, 0.4) is 0 Å². The number of nitrogens with two attached hydrogens (primary N) is 1. The number of rotatable bonds is 3. The van der Waals surface area contributed by atoms with Gasteiger partial charge in [0, 0.05) is 6.04 Å². The summed E-state index contributed by atoms with van der Waals surface area (Å²) in [5.41, 5.74) is 11.2. The molecule has 1 unspecified atom stereocenters. The second-order valence-corrected chi connectivity index (χ2v) is 7.47. The van der Waals surface area contributed by atoms with E-state index in [1.54, 1.807) is 0 Å². The Kier molecular flexibility index (Phi) is 3.79. The molecule has 1 atom stereocenters. The molecule has 0 saturated carbocycles. The average molecular weight is 259 g/mol. The zero-order chi connectivity index (χ0) is 14.3. The zero-order valence-corrected chi connectivity index (χ0v) is 13.2. The summed E-state index contributed by atoms with van der Waals surface area (Å²) in [6.07, 6.45) is 4.75. The molecular formula is C18H29N. The lowest BCUT2D eigenvalue weighted by atomic mass is 9.63. The number of hydrogen-bond acceptors (Lipinski definition) is 1. The van der Waals surface area contributed by atoms with E-state index in [9.17, 15) is 0 Å². The van der Waals surface area contributed by atoms with Gasteiger partial charge in [-0.3, -0.25) is 0 Å². The third kappa shape index (κ3) is 2.72. The highest BCUT2D eigenvalue weighted by Gasteiger charge is 2.37. The van der Waals surface area contributed by atoms with Gasteiger partial charge in [-0.25, -0.2) is 0 Å². The Balaban J connectivity index is 2.47. The van der Waals surface area contributed by atoms with Crippen molar-refractivity contribution in [3.8, 4) is 0 Å². The molecule has 0 heterocycles. The van der Waals surface area contributed by atoms with Crippen molar-refractivity contribution < 1.29 is 0 Å². The second kappa shape index (κ2) is 4.94. The van der Waals surface area contributed by atoms with E-state index < -0.39 is 0 Å². The highest BCUT2D eigenvalue weighted by atomic mass is 14.6. The van der Waals surface area contributed by atoms with Crippen LogP contribution in [0.4, 0.5) is 0 Å². The van der Waals surface area contributed by atoms with Crippen molar-refractivity contribution in [2.24, 2.45) is 5.73 Å². The fourth-order valence-electron chi connectivity index (χ4n) is 3.31. The van der Waals surface area contributed by atoms with Gasteiger partial charge in [0.05, 0.1) is 0 Å². The maximum absolute atomic E-state index is 6.29. The Morgan fingerprint density at radius 3 is 2.21 bits per heavy atom. The minimum atomic E-state index is 0.191. The van der Waals surface area contributed by atoms with E-state index in [4.69, 9.17) is 5.73 Å². The summed E-state index contributed by atoms with van der Waals surface area (Å²) < 4.78 is 0. The smallest absolute Gasteiger partial charge is 0.0294 e. The molecule has 0 fully saturated rings. The maximum atomic E-state index is 6.29. The van der Waals surface area contributed by atoms with Gasteiger partial charge in [-0.15, -0.1) is 0 Å². The first-order chi connectivity index (χ1) is 8.78. The third-order valence-corrected chi connectivity index (χ3v) is 4.90. The minimum absolute atomic E-state index is 0.191. The zero-order valence-electron chi connectivity index (χ0n) is 13.2. The molecule has 0 radical (unpaired) electrons. The van der Waals surface area contributed by atoms with Gasteiger partial charge >= 0.3 is 0 Å². The largest absolute Gasteiger partial charge is 0.324 e. The van der Waals surface area contributed by atoms with Crippen LogP contribution in [0, 0.1) is 0 Å². The maximum Gasteiger partial charge on any atom is 0.0294 e. The molecule has 0 spiro atoms. The van der Waals surface area contributed by atoms with Gasteiger partial charge in [0.1, 0.15) is 0 Å². The van der Waals surface area contributed by atoms with Gasteiger partial charge in [0.25, 0.3) is 0 Å². The Morgan fingerprint density at radius 2 is 1.63 bits per heavy atom. The van der Waals surface area contributed by atoms with E-state index in [2.05, 4.69) is 52.8 Å². The molecule has 106 valence electrons. The van der Waals surface area contributed by atoms with Crippen molar-refractivity contribution in [2.45, 2.75) is 77.2 Å². The normalized spacial score (nSPS) is 21.8. The van der Waals surface area contributed by atoms with E-state index in [0.29, 0.717) is 5.41 Å². The lowest BCUT2D eigenvalue weighted by Gasteiger charge is -2.42. The molecule has 2 rings (SSSR count). The predicted molar refractivity (Wildman–Crippen MR) is 83.6 cm³/mol. The van der Waals surface area contributed by atoms with Crippen molar-refractivity contribution >= 4 is 0 Å². The lowest BCUT2D eigenvalue weighted by molar-refractivity contribution is 0.331. The molecule has 0 aliphatic heterocycles. The molecule has 2 N–H and O–H groups in total. The third-order valence-electron chi connectivity index (χ3n) is 4.90. The van der Waals surface area contributed by atoms with Crippen LogP contribution in [0.2, 0.25) is 0 Å². The SMILES string of the molecule is CCCC(N)c1ccc2c(c1)C(C)(C)CCC2(C)C. The molecule has 0 aromatic heterocycles. The fourth-order valence-corrected chi connectivity index (χ4v) is 3.31. The van der Waals surface area contributed by atoms with Crippen molar-refractivity contribution in [1.29, 1.82) is 0 Å². The molecule has 1 nitrogen and oxygen atoms in total. The van der Waals surface area contributed by atoms with E-state index in [1.807, 2.05) is 0 Å². The summed E-state index contributed by atoms with van der Waals surface area (Å²) >= 11 is 0. The Hall–Kier alpha value is -0.820. The second-order valence-electron chi connectivity index (χ2n) is 7.47. The summed E-state index contributed by atoms with van der Waals surface area (Å²) in [5, 5.41) is 0. The van der Waals surface area contributed by atoms with Gasteiger partial charge < -0.3 is 5.73 Å². The van der Waals surface area contributed by atoms with Crippen molar-refractivity contribution in [2.75, 3.05) is 0 Å². The molecule has 1 heteroatoms. The van der Waals surface area contributed by atoms with E-state index >= 15 is 0 Å². The number of hydrogen-bond donors (Lipinski definition) is 1. The predicted octanol–water partition coefficient (Wildman–Crippen LogP) is 4.84. The Morgan fingerprint density at radius 1 is 1.05 bits per heavy atom. The van der Waals surface area contributed by atoms with Crippen molar-refractivity contribution in [1.82, 2.24) is 0 Å². The summed E-state index contributed by atoms with van der Waals surface area (Å²) in [4.78, 5) is 0. The van der Waals surface area contributed by atoms with Gasteiger partial charge in [-0.2, -0.15) is 0 Å². The average Bonchev–Trinajstić information content (AvgIpc) is 2.35. The molecule has 1 aliphatic carbocycles. The van der Waals surface area contributed by atoms with Crippen LogP contribution in [0.1, 0.15) is 83.0 Å². The van der Waals surface area contributed by atoms with Crippen molar-refractivity contribution in [3.63, 3.8) is 0 Å². The lowest BCUT2D eigenvalue weighted by Crippen LogP contribution is -2.34. The molecule has 0 amide bonds. The Labute approximate surface area is 118 Å². The first-order valence-corrected chi connectivity index (χ1v) is 7.68. The highest BCUT2D eigenvalue weighted by molar-refractivity contribution is 5.44. The van der Waals surface area contributed by atoms with Gasteiger partial charge in [-0.05, 0) is 46.8 Å². The summed E-state index contributed by atoms with van der Waals surface area (Å²) in [6, 6.07) is 7.16. The minimum Gasteiger partial charge on any atom is -0.324 e. The van der Waals surface area contributed by atoms with Gasteiger partial charge in [-0.1, -0.05) is 59.2 Å². The molecule has 19 heavy (non-hydrogen) atoms. The summed E-state index contributed by atoms with van der Waals surface area (Å²) in [6.45, 7) is 11.7. The first kappa shape index (κ1) is 14.6.